The summed E-state index contributed by atoms with van der Waals surface area (Å²) in [5.74, 6) is 1.15. The lowest BCUT2D eigenvalue weighted by Crippen LogP contribution is -1.98. The lowest BCUT2D eigenvalue weighted by atomic mass is 10.1. The van der Waals surface area contributed by atoms with Gasteiger partial charge in [-0.3, -0.25) is 4.40 Å². The Hall–Kier alpha value is -3.27. The van der Waals surface area contributed by atoms with E-state index < -0.39 is 0 Å². The molecule has 2 heterocycles. The highest BCUT2D eigenvalue weighted by Crippen LogP contribution is 2.32. The molecule has 24 heavy (non-hydrogen) atoms. The summed E-state index contributed by atoms with van der Waals surface area (Å²) < 4.78 is 2.04. The molecule has 4 rings (SSSR count). The highest BCUT2D eigenvalue weighted by atomic mass is 16.3. The van der Waals surface area contributed by atoms with Crippen LogP contribution in [0.15, 0.2) is 72.9 Å². The van der Waals surface area contributed by atoms with Gasteiger partial charge in [-0.25, -0.2) is 4.98 Å². The van der Waals surface area contributed by atoms with Crippen LogP contribution in [0.5, 0.6) is 5.75 Å². The van der Waals surface area contributed by atoms with E-state index in [2.05, 4.69) is 24.4 Å². The zero-order valence-corrected chi connectivity index (χ0v) is 13.3. The molecule has 0 aliphatic rings. The highest BCUT2D eigenvalue weighted by molar-refractivity contribution is 5.80. The average Bonchev–Trinajstić information content (AvgIpc) is 2.96. The van der Waals surface area contributed by atoms with Crippen LogP contribution in [-0.4, -0.2) is 14.5 Å². The highest BCUT2D eigenvalue weighted by Gasteiger charge is 2.14. The molecule has 118 valence electrons. The van der Waals surface area contributed by atoms with E-state index in [-0.39, 0.29) is 5.75 Å². The van der Waals surface area contributed by atoms with E-state index in [0.29, 0.717) is 0 Å². The van der Waals surface area contributed by atoms with E-state index in [9.17, 15) is 5.11 Å². The molecule has 0 fully saturated rings. The van der Waals surface area contributed by atoms with E-state index in [1.54, 1.807) is 12.1 Å². The number of hydrogen-bond acceptors (Lipinski definition) is 3. The molecule has 4 nitrogen and oxygen atoms in total. The molecule has 0 unspecified atom stereocenters. The summed E-state index contributed by atoms with van der Waals surface area (Å²) in [5, 5.41) is 13.1. The van der Waals surface area contributed by atoms with Crippen molar-refractivity contribution in [2.75, 3.05) is 5.32 Å². The van der Waals surface area contributed by atoms with Crippen molar-refractivity contribution >= 4 is 17.2 Å². The van der Waals surface area contributed by atoms with Crippen LogP contribution in [0.25, 0.3) is 16.9 Å². The number of nitrogens with one attached hydrogen (secondary N) is 1. The fourth-order valence-electron chi connectivity index (χ4n) is 2.78. The van der Waals surface area contributed by atoms with Crippen molar-refractivity contribution in [1.82, 2.24) is 9.38 Å². The monoisotopic (exact) mass is 315 g/mol. The third-order valence-electron chi connectivity index (χ3n) is 4.07. The number of fused-ring (bicyclic) bond motifs is 1. The summed E-state index contributed by atoms with van der Waals surface area (Å²) >= 11 is 0. The number of pyridine rings is 1. The molecule has 2 aromatic heterocycles. The molecule has 0 amide bonds. The standard InChI is InChI=1S/C20H17N3O/c1-14-6-2-3-7-17(14)21-20-19(15-9-11-16(24)12-10-15)22-18-8-4-5-13-23(18)20/h2-13,21,24H,1H3. The number of nitrogens with zero attached hydrogens (tertiary/aromatic N) is 2. The molecule has 2 N–H and O–H groups in total. The Balaban J connectivity index is 1.90. The van der Waals surface area contributed by atoms with Crippen LogP contribution in [0, 0.1) is 6.92 Å². The van der Waals surface area contributed by atoms with E-state index in [4.69, 9.17) is 4.98 Å². The number of aryl methyl sites for hydroxylation is 1. The number of anilines is 2. The number of aromatic hydroxyl groups is 1. The fraction of sp³-hybridized carbons (Fsp3) is 0.0500. The van der Waals surface area contributed by atoms with Gasteiger partial charge in [-0.1, -0.05) is 24.3 Å². The number of benzene rings is 2. The molecule has 0 bridgehead atoms. The predicted molar refractivity (Wildman–Crippen MR) is 96.8 cm³/mol. The molecule has 2 aromatic carbocycles. The largest absolute Gasteiger partial charge is 0.508 e. The number of imidazole rings is 1. The summed E-state index contributed by atoms with van der Waals surface area (Å²) in [6.07, 6.45) is 1.99. The van der Waals surface area contributed by atoms with Gasteiger partial charge in [0, 0.05) is 17.4 Å². The van der Waals surface area contributed by atoms with Gasteiger partial charge in [0.1, 0.15) is 22.9 Å². The number of hydrogen-bond donors (Lipinski definition) is 2. The normalized spacial score (nSPS) is 10.9. The average molecular weight is 315 g/mol. The lowest BCUT2D eigenvalue weighted by Gasteiger charge is -2.11. The maximum Gasteiger partial charge on any atom is 0.143 e. The van der Waals surface area contributed by atoms with Gasteiger partial charge in [0.2, 0.25) is 0 Å². The van der Waals surface area contributed by atoms with Crippen LogP contribution in [-0.2, 0) is 0 Å². The molecule has 0 aliphatic heterocycles. The molecule has 0 spiro atoms. The van der Waals surface area contributed by atoms with Crippen LogP contribution in [0.1, 0.15) is 5.56 Å². The number of phenols is 1. The van der Waals surface area contributed by atoms with Crippen LogP contribution in [0.2, 0.25) is 0 Å². The van der Waals surface area contributed by atoms with Gasteiger partial charge in [-0.15, -0.1) is 0 Å². The summed E-state index contributed by atoms with van der Waals surface area (Å²) in [5.41, 5.74) is 4.89. The molecule has 0 radical (unpaired) electrons. The van der Waals surface area contributed by atoms with Crippen LogP contribution < -0.4 is 5.32 Å². The van der Waals surface area contributed by atoms with E-state index in [1.165, 1.54) is 5.56 Å². The minimum atomic E-state index is 0.246. The number of phenolic OH excluding ortho intramolecular Hbond substituents is 1. The van der Waals surface area contributed by atoms with Crippen LogP contribution in [0.4, 0.5) is 11.5 Å². The lowest BCUT2D eigenvalue weighted by molar-refractivity contribution is 0.475. The summed E-state index contributed by atoms with van der Waals surface area (Å²) in [7, 11) is 0. The number of rotatable bonds is 3. The van der Waals surface area contributed by atoms with Crippen molar-refractivity contribution in [1.29, 1.82) is 0 Å². The molecule has 0 atom stereocenters. The minimum absolute atomic E-state index is 0.246. The van der Waals surface area contributed by atoms with Crippen LogP contribution >= 0.6 is 0 Å². The smallest absolute Gasteiger partial charge is 0.143 e. The van der Waals surface area contributed by atoms with Gasteiger partial charge >= 0.3 is 0 Å². The fourth-order valence-corrected chi connectivity index (χ4v) is 2.78. The van der Waals surface area contributed by atoms with E-state index in [1.807, 2.05) is 53.1 Å². The van der Waals surface area contributed by atoms with Crippen LogP contribution in [0.3, 0.4) is 0 Å². The third kappa shape index (κ3) is 2.48. The quantitative estimate of drug-likeness (QED) is 0.573. The molecule has 0 saturated heterocycles. The van der Waals surface area contributed by atoms with Gasteiger partial charge in [0.15, 0.2) is 0 Å². The maximum atomic E-state index is 9.54. The number of aromatic nitrogens is 2. The molecule has 0 saturated carbocycles. The van der Waals surface area contributed by atoms with Gasteiger partial charge in [-0.05, 0) is 55.0 Å². The Morgan fingerprint density at radius 2 is 1.67 bits per heavy atom. The molecular weight excluding hydrogens is 298 g/mol. The Morgan fingerprint density at radius 3 is 2.46 bits per heavy atom. The Kier molecular flexibility index (Phi) is 3.43. The Morgan fingerprint density at radius 1 is 0.917 bits per heavy atom. The molecule has 4 aromatic rings. The van der Waals surface area contributed by atoms with Crippen molar-refractivity contribution < 1.29 is 5.11 Å². The molecule has 0 aliphatic carbocycles. The zero-order valence-electron chi connectivity index (χ0n) is 13.3. The van der Waals surface area contributed by atoms with E-state index >= 15 is 0 Å². The molecule has 4 heteroatoms. The third-order valence-corrected chi connectivity index (χ3v) is 4.07. The maximum absolute atomic E-state index is 9.54. The van der Waals surface area contributed by atoms with Crippen molar-refractivity contribution in [2.24, 2.45) is 0 Å². The number of para-hydroxylation sites is 1. The second-order valence-electron chi connectivity index (χ2n) is 5.72. The van der Waals surface area contributed by atoms with Gasteiger partial charge in [0.05, 0.1) is 0 Å². The first kappa shape index (κ1) is 14.3. The van der Waals surface area contributed by atoms with Crippen molar-refractivity contribution in [3.8, 4) is 17.0 Å². The first-order valence-corrected chi connectivity index (χ1v) is 7.81. The summed E-state index contributed by atoms with van der Waals surface area (Å²) in [6.45, 7) is 2.08. The first-order valence-electron chi connectivity index (χ1n) is 7.81. The minimum Gasteiger partial charge on any atom is -0.508 e. The van der Waals surface area contributed by atoms with E-state index in [0.717, 1.165) is 28.4 Å². The van der Waals surface area contributed by atoms with Crippen molar-refractivity contribution in [3.63, 3.8) is 0 Å². The first-order chi connectivity index (χ1) is 11.7. The zero-order chi connectivity index (χ0) is 16.5. The predicted octanol–water partition coefficient (Wildman–Crippen LogP) is 4.76. The Bertz CT molecular complexity index is 1000. The summed E-state index contributed by atoms with van der Waals surface area (Å²) in [6, 6.07) is 21.2. The molecular formula is C20H17N3O. The van der Waals surface area contributed by atoms with Crippen molar-refractivity contribution in [3.05, 3.63) is 78.5 Å². The van der Waals surface area contributed by atoms with Gasteiger partial charge < -0.3 is 10.4 Å². The SMILES string of the molecule is Cc1ccccc1Nc1c(-c2ccc(O)cc2)nc2ccccn12. The van der Waals surface area contributed by atoms with Crippen molar-refractivity contribution in [2.45, 2.75) is 6.92 Å². The summed E-state index contributed by atoms with van der Waals surface area (Å²) in [4.78, 5) is 4.76. The topological polar surface area (TPSA) is 49.6 Å². The second kappa shape index (κ2) is 5.74. The van der Waals surface area contributed by atoms with Gasteiger partial charge in [0.25, 0.3) is 0 Å². The van der Waals surface area contributed by atoms with Gasteiger partial charge in [-0.2, -0.15) is 0 Å². The second-order valence-corrected chi connectivity index (χ2v) is 5.72. The Labute approximate surface area is 140 Å².